The molecule has 4 rings (SSSR count). The van der Waals surface area contributed by atoms with E-state index in [1.165, 1.54) is 11.1 Å². The van der Waals surface area contributed by atoms with Crippen LogP contribution in [-0.2, 0) is 6.54 Å². The summed E-state index contributed by atoms with van der Waals surface area (Å²) in [4.78, 5) is 4.32. The zero-order valence-corrected chi connectivity index (χ0v) is 16.7. The van der Waals surface area contributed by atoms with Crippen molar-refractivity contribution in [3.8, 4) is 11.3 Å². The summed E-state index contributed by atoms with van der Waals surface area (Å²) in [6.07, 6.45) is 7.70. The molecule has 0 amide bonds. The van der Waals surface area contributed by atoms with Gasteiger partial charge in [0, 0.05) is 30.7 Å². The molecule has 142 valence electrons. The van der Waals surface area contributed by atoms with Crippen molar-refractivity contribution >= 4 is 0 Å². The van der Waals surface area contributed by atoms with Crippen LogP contribution in [0.1, 0.15) is 40.9 Å². The molecular formula is C22H24N6. The first-order valence-electron chi connectivity index (χ1n) is 9.50. The normalized spacial score (nSPS) is 12.3. The van der Waals surface area contributed by atoms with Gasteiger partial charge in [0.1, 0.15) is 11.7 Å². The van der Waals surface area contributed by atoms with Crippen molar-refractivity contribution in [1.29, 1.82) is 0 Å². The Labute approximate surface area is 164 Å². The van der Waals surface area contributed by atoms with Gasteiger partial charge < -0.3 is 0 Å². The van der Waals surface area contributed by atoms with Crippen LogP contribution in [0.25, 0.3) is 11.3 Å². The molecule has 3 aromatic heterocycles. The fourth-order valence-electron chi connectivity index (χ4n) is 3.43. The molecule has 0 aliphatic rings. The Balaban J connectivity index is 1.80. The molecule has 0 saturated carbocycles. The minimum absolute atomic E-state index is 0.0872. The standard InChI is InChI=1S/C22H24N6/c1-5-27-13-20(17(4)25-27)21-14-28(26-24-21)22(19-7-6-10-23-12-19)18-9-8-15(2)16(3)11-18/h6-14,22H,5H2,1-4H3. The molecule has 6 nitrogen and oxygen atoms in total. The second kappa shape index (κ2) is 7.38. The molecule has 3 heterocycles. The third-order valence-corrected chi connectivity index (χ3v) is 5.17. The van der Waals surface area contributed by atoms with Gasteiger partial charge in [-0.15, -0.1) is 5.10 Å². The van der Waals surface area contributed by atoms with Crippen LogP contribution in [0, 0.1) is 20.8 Å². The van der Waals surface area contributed by atoms with Gasteiger partial charge in [-0.1, -0.05) is 29.5 Å². The second-order valence-electron chi connectivity index (χ2n) is 7.10. The molecule has 4 aromatic rings. The minimum Gasteiger partial charge on any atom is -0.272 e. The van der Waals surface area contributed by atoms with Gasteiger partial charge in [0.05, 0.1) is 11.9 Å². The van der Waals surface area contributed by atoms with E-state index in [4.69, 9.17) is 0 Å². The summed E-state index contributed by atoms with van der Waals surface area (Å²) in [5.41, 5.74) is 7.56. The number of aryl methyl sites for hydroxylation is 4. The van der Waals surface area contributed by atoms with Crippen LogP contribution < -0.4 is 0 Å². The number of nitrogens with zero attached hydrogens (tertiary/aromatic N) is 6. The molecular weight excluding hydrogens is 348 g/mol. The van der Waals surface area contributed by atoms with Crippen molar-refractivity contribution in [3.63, 3.8) is 0 Å². The van der Waals surface area contributed by atoms with Crippen LogP contribution >= 0.6 is 0 Å². The molecule has 0 aliphatic carbocycles. The van der Waals surface area contributed by atoms with E-state index in [-0.39, 0.29) is 6.04 Å². The highest BCUT2D eigenvalue weighted by Crippen LogP contribution is 2.29. The summed E-state index contributed by atoms with van der Waals surface area (Å²) >= 11 is 0. The quantitative estimate of drug-likeness (QED) is 0.529. The van der Waals surface area contributed by atoms with Gasteiger partial charge >= 0.3 is 0 Å². The average molecular weight is 372 g/mol. The molecule has 6 heteroatoms. The maximum atomic E-state index is 4.53. The highest BCUT2D eigenvalue weighted by molar-refractivity contribution is 5.59. The molecule has 0 spiro atoms. The third-order valence-electron chi connectivity index (χ3n) is 5.17. The first kappa shape index (κ1) is 18.1. The lowest BCUT2D eigenvalue weighted by Crippen LogP contribution is -2.13. The van der Waals surface area contributed by atoms with E-state index in [0.717, 1.165) is 34.6 Å². The number of rotatable bonds is 5. The summed E-state index contributed by atoms with van der Waals surface area (Å²) in [5.74, 6) is 0. The Morgan fingerprint density at radius 1 is 1.00 bits per heavy atom. The molecule has 0 fully saturated rings. The largest absolute Gasteiger partial charge is 0.272 e. The van der Waals surface area contributed by atoms with Crippen molar-refractivity contribution in [2.45, 2.75) is 40.3 Å². The van der Waals surface area contributed by atoms with Gasteiger partial charge in [-0.3, -0.25) is 9.67 Å². The van der Waals surface area contributed by atoms with E-state index < -0.39 is 0 Å². The first-order valence-corrected chi connectivity index (χ1v) is 9.50. The van der Waals surface area contributed by atoms with Crippen LogP contribution in [0.4, 0.5) is 0 Å². The van der Waals surface area contributed by atoms with Crippen molar-refractivity contribution in [3.05, 3.63) is 83.1 Å². The van der Waals surface area contributed by atoms with E-state index in [1.54, 1.807) is 6.20 Å². The van der Waals surface area contributed by atoms with E-state index >= 15 is 0 Å². The number of hydrogen-bond donors (Lipinski definition) is 0. The van der Waals surface area contributed by atoms with Gasteiger partial charge in [0.15, 0.2) is 0 Å². The molecule has 1 aromatic carbocycles. The number of hydrogen-bond acceptors (Lipinski definition) is 4. The summed E-state index contributed by atoms with van der Waals surface area (Å²) in [5, 5.41) is 13.4. The van der Waals surface area contributed by atoms with Gasteiger partial charge in [0.25, 0.3) is 0 Å². The van der Waals surface area contributed by atoms with Crippen molar-refractivity contribution in [1.82, 2.24) is 29.8 Å². The van der Waals surface area contributed by atoms with Gasteiger partial charge in [-0.05, 0) is 56.0 Å². The van der Waals surface area contributed by atoms with Crippen LogP contribution in [0.3, 0.4) is 0 Å². The smallest absolute Gasteiger partial charge is 0.116 e. The highest BCUT2D eigenvalue weighted by Gasteiger charge is 2.20. The van der Waals surface area contributed by atoms with Gasteiger partial charge in [0.2, 0.25) is 0 Å². The van der Waals surface area contributed by atoms with Crippen molar-refractivity contribution in [2.24, 2.45) is 0 Å². The number of aromatic nitrogens is 6. The molecule has 0 saturated heterocycles. The average Bonchev–Trinajstić information content (AvgIpc) is 3.32. The van der Waals surface area contributed by atoms with E-state index in [0.29, 0.717) is 0 Å². The lowest BCUT2D eigenvalue weighted by atomic mass is 9.97. The summed E-state index contributed by atoms with van der Waals surface area (Å²) in [6, 6.07) is 10.5. The number of pyridine rings is 1. The van der Waals surface area contributed by atoms with Gasteiger partial charge in [-0.25, -0.2) is 4.68 Å². The molecule has 0 N–H and O–H groups in total. The Hall–Kier alpha value is -3.28. The number of benzene rings is 1. The van der Waals surface area contributed by atoms with Crippen LogP contribution in [-0.4, -0.2) is 29.8 Å². The SMILES string of the molecule is CCn1cc(-c2cn(C(c3cccnc3)c3ccc(C)c(C)c3)nn2)c(C)n1. The molecule has 0 aliphatic heterocycles. The Bertz CT molecular complexity index is 1090. The Kier molecular flexibility index (Phi) is 4.77. The highest BCUT2D eigenvalue weighted by atomic mass is 15.4. The predicted molar refractivity (Wildman–Crippen MR) is 109 cm³/mol. The molecule has 28 heavy (non-hydrogen) atoms. The zero-order chi connectivity index (χ0) is 19.7. The summed E-state index contributed by atoms with van der Waals surface area (Å²) in [7, 11) is 0. The maximum Gasteiger partial charge on any atom is 0.116 e. The Morgan fingerprint density at radius 3 is 2.54 bits per heavy atom. The fraction of sp³-hybridized carbons (Fsp3) is 0.273. The van der Waals surface area contributed by atoms with E-state index in [9.17, 15) is 0 Å². The summed E-state index contributed by atoms with van der Waals surface area (Å²) < 4.78 is 3.84. The topological polar surface area (TPSA) is 61.4 Å². The van der Waals surface area contributed by atoms with E-state index in [2.05, 4.69) is 65.4 Å². The van der Waals surface area contributed by atoms with Crippen LogP contribution in [0.5, 0.6) is 0 Å². The van der Waals surface area contributed by atoms with Crippen molar-refractivity contribution < 1.29 is 0 Å². The summed E-state index contributed by atoms with van der Waals surface area (Å²) in [6.45, 7) is 9.16. The lowest BCUT2D eigenvalue weighted by molar-refractivity contribution is 0.569. The first-order chi connectivity index (χ1) is 13.6. The fourth-order valence-corrected chi connectivity index (χ4v) is 3.43. The molecule has 0 radical (unpaired) electrons. The van der Waals surface area contributed by atoms with Crippen molar-refractivity contribution in [2.75, 3.05) is 0 Å². The zero-order valence-electron chi connectivity index (χ0n) is 16.7. The van der Waals surface area contributed by atoms with Gasteiger partial charge in [-0.2, -0.15) is 5.10 Å². The monoisotopic (exact) mass is 372 g/mol. The molecule has 1 unspecified atom stereocenters. The maximum absolute atomic E-state index is 4.53. The molecule has 0 bridgehead atoms. The van der Waals surface area contributed by atoms with Crippen LogP contribution in [0.2, 0.25) is 0 Å². The minimum atomic E-state index is -0.0872. The molecule has 1 atom stereocenters. The van der Waals surface area contributed by atoms with Crippen LogP contribution in [0.15, 0.2) is 55.1 Å². The Morgan fingerprint density at radius 2 is 1.86 bits per heavy atom. The van der Waals surface area contributed by atoms with E-state index in [1.807, 2.05) is 40.9 Å². The second-order valence-corrected chi connectivity index (χ2v) is 7.10. The lowest BCUT2D eigenvalue weighted by Gasteiger charge is -2.18. The third kappa shape index (κ3) is 3.33. The predicted octanol–water partition coefficient (Wildman–Crippen LogP) is 4.12.